The van der Waals surface area contributed by atoms with Gasteiger partial charge < -0.3 is 15.1 Å². The summed E-state index contributed by atoms with van der Waals surface area (Å²) in [4.78, 5) is 18.1. The van der Waals surface area contributed by atoms with Crippen molar-refractivity contribution in [3.63, 3.8) is 0 Å². The lowest BCUT2D eigenvalue weighted by Crippen LogP contribution is -2.46. The highest BCUT2D eigenvalue weighted by Crippen LogP contribution is 2.23. The normalized spacial score (nSPS) is 14.4. The van der Waals surface area contributed by atoms with E-state index in [-0.39, 0.29) is 6.03 Å². The molecule has 2 aromatic carbocycles. The zero-order chi connectivity index (χ0) is 17.8. The number of urea groups is 1. The van der Waals surface area contributed by atoms with Crippen molar-refractivity contribution in [1.82, 2.24) is 5.32 Å². The van der Waals surface area contributed by atoms with Crippen molar-refractivity contribution in [1.29, 1.82) is 0 Å². The standard InChI is InChI=1S/C20H26N4O/c1-16-4-6-18(7-5-16)23-12-14-24(15-13-23)19-10-8-17(9-11-19)22(3)20(25)21-2/h4-11H,12-15H2,1-3H3,(H,21,25). The molecule has 1 fully saturated rings. The van der Waals surface area contributed by atoms with Crippen LogP contribution in [0.3, 0.4) is 0 Å². The number of anilines is 3. The summed E-state index contributed by atoms with van der Waals surface area (Å²) in [6.07, 6.45) is 0. The molecule has 2 aromatic rings. The fraction of sp³-hybridized carbons (Fsp3) is 0.350. The molecule has 0 aromatic heterocycles. The van der Waals surface area contributed by atoms with E-state index in [4.69, 9.17) is 0 Å². The van der Waals surface area contributed by atoms with Crippen LogP contribution in [0.1, 0.15) is 5.56 Å². The number of benzene rings is 2. The summed E-state index contributed by atoms with van der Waals surface area (Å²) >= 11 is 0. The lowest BCUT2D eigenvalue weighted by molar-refractivity contribution is 0.249. The Balaban J connectivity index is 1.61. The van der Waals surface area contributed by atoms with Crippen LogP contribution in [0.5, 0.6) is 0 Å². The number of nitrogens with one attached hydrogen (secondary N) is 1. The van der Waals surface area contributed by atoms with Gasteiger partial charge in [0.25, 0.3) is 0 Å². The highest BCUT2D eigenvalue weighted by Gasteiger charge is 2.18. The van der Waals surface area contributed by atoms with E-state index in [1.807, 2.05) is 12.1 Å². The molecule has 1 N–H and O–H groups in total. The third-order valence-electron chi connectivity index (χ3n) is 4.80. The number of amides is 2. The van der Waals surface area contributed by atoms with Crippen LogP contribution in [0.25, 0.3) is 0 Å². The molecular weight excluding hydrogens is 312 g/mol. The number of piperazine rings is 1. The van der Waals surface area contributed by atoms with Crippen molar-refractivity contribution < 1.29 is 4.79 Å². The molecular formula is C20H26N4O. The fourth-order valence-electron chi connectivity index (χ4n) is 3.15. The summed E-state index contributed by atoms with van der Waals surface area (Å²) < 4.78 is 0. The number of nitrogens with zero attached hydrogens (tertiary/aromatic N) is 3. The van der Waals surface area contributed by atoms with Gasteiger partial charge in [-0.15, -0.1) is 0 Å². The van der Waals surface area contributed by atoms with E-state index in [2.05, 4.69) is 58.4 Å². The van der Waals surface area contributed by atoms with Gasteiger partial charge in [0.1, 0.15) is 0 Å². The molecule has 1 saturated heterocycles. The van der Waals surface area contributed by atoms with Crippen molar-refractivity contribution in [2.45, 2.75) is 6.92 Å². The number of hydrogen-bond donors (Lipinski definition) is 1. The van der Waals surface area contributed by atoms with Gasteiger partial charge >= 0.3 is 6.03 Å². The Labute approximate surface area is 149 Å². The zero-order valence-corrected chi connectivity index (χ0v) is 15.2. The van der Waals surface area contributed by atoms with Gasteiger partial charge in [-0.05, 0) is 43.3 Å². The van der Waals surface area contributed by atoms with E-state index in [1.54, 1.807) is 19.0 Å². The van der Waals surface area contributed by atoms with Crippen molar-refractivity contribution in [2.24, 2.45) is 0 Å². The van der Waals surface area contributed by atoms with Gasteiger partial charge in [0.05, 0.1) is 0 Å². The molecule has 0 unspecified atom stereocenters. The lowest BCUT2D eigenvalue weighted by atomic mass is 10.2. The van der Waals surface area contributed by atoms with Crippen molar-refractivity contribution in [2.75, 3.05) is 55.0 Å². The highest BCUT2D eigenvalue weighted by molar-refractivity contribution is 5.91. The Kier molecular flexibility index (Phi) is 5.12. The SMILES string of the molecule is CNC(=O)N(C)c1ccc(N2CCN(c3ccc(C)cc3)CC2)cc1. The molecule has 5 heteroatoms. The minimum atomic E-state index is -0.112. The first-order chi connectivity index (χ1) is 12.1. The van der Waals surface area contributed by atoms with E-state index in [9.17, 15) is 4.79 Å². The maximum Gasteiger partial charge on any atom is 0.321 e. The van der Waals surface area contributed by atoms with Crippen molar-refractivity contribution in [3.05, 3.63) is 54.1 Å². The van der Waals surface area contributed by atoms with Gasteiger partial charge in [0, 0.05) is 57.3 Å². The zero-order valence-electron chi connectivity index (χ0n) is 15.2. The van der Waals surface area contributed by atoms with Gasteiger partial charge in [-0.3, -0.25) is 4.90 Å². The molecule has 0 bridgehead atoms. The Morgan fingerprint density at radius 1 is 0.880 bits per heavy atom. The molecule has 5 nitrogen and oxygen atoms in total. The Bertz CT molecular complexity index is 703. The maximum atomic E-state index is 11.7. The van der Waals surface area contributed by atoms with Crippen LogP contribution < -0.4 is 20.0 Å². The van der Waals surface area contributed by atoms with E-state index in [0.717, 1.165) is 31.9 Å². The predicted octanol–water partition coefficient (Wildman–Crippen LogP) is 3.10. The molecule has 1 heterocycles. The first-order valence-corrected chi connectivity index (χ1v) is 8.70. The summed E-state index contributed by atoms with van der Waals surface area (Å²) in [6.45, 7) is 6.15. The molecule has 3 rings (SSSR count). The van der Waals surface area contributed by atoms with Crippen LogP contribution in [0.2, 0.25) is 0 Å². The first-order valence-electron chi connectivity index (χ1n) is 8.70. The Morgan fingerprint density at radius 2 is 1.32 bits per heavy atom. The lowest BCUT2D eigenvalue weighted by Gasteiger charge is -2.37. The number of aryl methyl sites for hydroxylation is 1. The summed E-state index contributed by atoms with van der Waals surface area (Å²) in [7, 11) is 3.41. The van der Waals surface area contributed by atoms with Crippen LogP contribution in [0.15, 0.2) is 48.5 Å². The molecule has 25 heavy (non-hydrogen) atoms. The smallest absolute Gasteiger partial charge is 0.321 e. The Morgan fingerprint density at radius 3 is 1.76 bits per heavy atom. The molecule has 0 atom stereocenters. The molecule has 2 amide bonds. The molecule has 0 aliphatic carbocycles. The summed E-state index contributed by atoms with van der Waals surface area (Å²) in [5, 5.41) is 2.64. The average Bonchev–Trinajstić information content (AvgIpc) is 2.67. The third kappa shape index (κ3) is 3.87. The van der Waals surface area contributed by atoms with E-state index in [1.165, 1.54) is 16.9 Å². The van der Waals surface area contributed by atoms with Gasteiger partial charge in [0.2, 0.25) is 0 Å². The first kappa shape index (κ1) is 17.1. The number of rotatable bonds is 3. The largest absolute Gasteiger partial charge is 0.368 e. The minimum absolute atomic E-state index is 0.112. The predicted molar refractivity (Wildman–Crippen MR) is 105 cm³/mol. The summed E-state index contributed by atoms with van der Waals surface area (Å²) in [6, 6.07) is 16.8. The quantitative estimate of drug-likeness (QED) is 0.935. The average molecular weight is 338 g/mol. The Hall–Kier alpha value is -2.69. The van der Waals surface area contributed by atoms with Crippen LogP contribution >= 0.6 is 0 Å². The molecule has 0 radical (unpaired) electrons. The highest BCUT2D eigenvalue weighted by atomic mass is 16.2. The maximum absolute atomic E-state index is 11.7. The van der Waals surface area contributed by atoms with Gasteiger partial charge in [-0.2, -0.15) is 0 Å². The van der Waals surface area contributed by atoms with Crippen LogP contribution in [-0.4, -0.2) is 46.3 Å². The van der Waals surface area contributed by atoms with Crippen molar-refractivity contribution >= 4 is 23.1 Å². The monoisotopic (exact) mass is 338 g/mol. The second-order valence-corrected chi connectivity index (χ2v) is 6.44. The third-order valence-corrected chi connectivity index (χ3v) is 4.80. The van der Waals surface area contributed by atoms with Gasteiger partial charge in [-0.1, -0.05) is 17.7 Å². The molecule has 0 saturated carbocycles. The molecule has 1 aliphatic rings. The summed E-state index contributed by atoms with van der Waals surface area (Å²) in [5.74, 6) is 0. The van der Waals surface area contributed by atoms with Crippen LogP contribution in [0.4, 0.5) is 21.9 Å². The molecule has 1 aliphatic heterocycles. The van der Waals surface area contributed by atoms with Crippen LogP contribution in [-0.2, 0) is 0 Å². The van der Waals surface area contributed by atoms with Gasteiger partial charge in [0.15, 0.2) is 0 Å². The van der Waals surface area contributed by atoms with Crippen LogP contribution in [0, 0.1) is 6.92 Å². The number of carbonyl (C=O) groups excluding carboxylic acids is 1. The number of carbonyl (C=O) groups is 1. The van der Waals surface area contributed by atoms with E-state index >= 15 is 0 Å². The number of hydrogen-bond acceptors (Lipinski definition) is 3. The van der Waals surface area contributed by atoms with Gasteiger partial charge in [-0.25, -0.2) is 4.79 Å². The van der Waals surface area contributed by atoms with Crippen molar-refractivity contribution in [3.8, 4) is 0 Å². The second kappa shape index (κ2) is 7.47. The fourth-order valence-corrected chi connectivity index (χ4v) is 3.15. The second-order valence-electron chi connectivity index (χ2n) is 6.44. The molecule has 0 spiro atoms. The topological polar surface area (TPSA) is 38.8 Å². The van der Waals surface area contributed by atoms with E-state index in [0.29, 0.717) is 0 Å². The minimum Gasteiger partial charge on any atom is -0.368 e. The van der Waals surface area contributed by atoms with E-state index < -0.39 is 0 Å². The molecule has 132 valence electrons. The summed E-state index contributed by atoms with van der Waals surface area (Å²) in [5.41, 5.74) is 4.69.